The van der Waals surface area contributed by atoms with Gasteiger partial charge in [-0.3, -0.25) is 4.79 Å². The van der Waals surface area contributed by atoms with Crippen molar-refractivity contribution in [2.24, 2.45) is 0 Å². The number of aliphatic hydroxyl groups is 1. The van der Waals surface area contributed by atoms with Crippen molar-refractivity contribution in [2.75, 3.05) is 20.8 Å². The van der Waals surface area contributed by atoms with E-state index in [-0.39, 0.29) is 18.4 Å². The van der Waals surface area contributed by atoms with Gasteiger partial charge < -0.3 is 19.9 Å². The zero-order valence-corrected chi connectivity index (χ0v) is 13.2. The lowest BCUT2D eigenvalue weighted by atomic mass is 9.96. The van der Waals surface area contributed by atoms with Gasteiger partial charge in [-0.15, -0.1) is 0 Å². The number of benzene rings is 1. The van der Waals surface area contributed by atoms with Crippen LogP contribution >= 0.6 is 0 Å². The number of hydrogen-bond donors (Lipinski definition) is 2. The zero-order chi connectivity index (χ0) is 15.8. The SMILES string of the molecule is CCOc1ccc(C)cc1C(O)C(CCC(=O)OC)NC. The number of esters is 1. The molecule has 2 unspecified atom stereocenters. The predicted molar refractivity (Wildman–Crippen MR) is 81.4 cm³/mol. The monoisotopic (exact) mass is 295 g/mol. The van der Waals surface area contributed by atoms with Gasteiger partial charge >= 0.3 is 5.97 Å². The minimum atomic E-state index is -0.749. The Morgan fingerprint density at radius 2 is 2.14 bits per heavy atom. The molecule has 1 aromatic rings. The van der Waals surface area contributed by atoms with Gasteiger partial charge in [-0.1, -0.05) is 11.6 Å². The number of rotatable bonds is 8. The van der Waals surface area contributed by atoms with Crippen molar-refractivity contribution in [2.45, 2.75) is 38.8 Å². The maximum Gasteiger partial charge on any atom is 0.305 e. The second-order valence-electron chi connectivity index (χ2n) is 4.93. The molecule has 5 heteroatoms. The number of carbonyl (C=O) groups is 1. The first-order chi connectivity index (χ1) is 10.0. The van der Waals surface area contributed by atoms with Gasteiger partial charge in [0.15, 0.2) is 0 Å². The van der Waals surface area contributed by atoms with Crippen LogP contribution in [0.15, 0.2) is 18.2 Å². The van der Waals surface area contributed by atoms with Gasteiger partial charge in [0, 0.05) is 18.0 Å². The number of aryl methyl sites for hydroxylation is 1. The van der Waals surface area contributed by atoms with E-state index in [1.165, 1.54) is 7.11 Å². The highest BCUT2D eigenvalue weighted by Gasteiger charge is 2.23. The first-order valence-electron chi connectivity index (χ1n) is 7.19. The van der Waals surface area contributed by atoms with Gasteiger partial charge in [-0.05, 0) is 39.4 Å². The minimum absolute atomic E-state index is 0.245. The number of ether oxygens (including phenoxy) is 2. The van der Waals surface area contributed by atoms with Crippen LogP contribution < -0.4 is 10.1 Å². The van der Waals surface area contributed by atoms with Crippen molar-refractivity contribution in [3.63, 3.8) is 0 Å². The van der Waals surface area contributed by atoms with Crippen molar-refractivity contribution < 1.29 is 19.4 Å². The van der Waals surface area contributed by atoms with Crippen LogP contribution in [0.2, 0.25) is 0 Å². The molecule has 2 atom stereocenters. The molecular formula is C16H25NO4. The first-order valence-corrected chi connectivity index (χ1v) is 7.19. The lowest BCUT2D eigenvalue weighted by Crippen LogP contribution is -2.33. The molecule has 21 heavy (non-hydrogen) atoms. The molecule has 0 bridgehead atoms. The quantitative estimate of drug-likeness (QED) is 0.718. The summed E-state index contributed by atoms with van der Waals surface area (Å²) in [4.78, 5) is 11.3. The molecule has 118 valence electrons. The summed E-state index contributed by atoms with van der Waals surface area (Å²) in [7, 11) is 3.13. The summed E-state index contributed by atoms with van der Waals surface area (Å²) >= 11 is 0. The maximum atomic E-state index is 11.3. The van der Waals surface area contributed by atoms with E-state index in [1.807, 2.05) is 32.0 Å². The minimum Gasteiger partial charge on any atom is -0.493 e. The third-order valence-electron chi connectivity index (χ3n) is 3.42. The van der Waals surface area contributed by atoms with Crippen molar-refractivity contribution in [1.29, 1.82) is 0 Å². The number of likely N-dealkylation sites (N-methyl/N-ethyl adjacent to an activating group) is 1. The second kappa shape index (κ2) is 8.64. The first kappa shape index (κ1) is 17.5. The van der Waals surface area contributed by atoms with Crippen LogP contribution in [0.3, 0.4) is 0 Å². The van der Waals surface area contributed by atoms with Crippen molar-refractivity contribution in [3.05, 3.63) is 29.3 Å². The summed E-state index contributed by atoms with van der Waals surface area (Å²) in [6, 6.07) is 5.48. The van der Waals surface area contributed by atoms with Crippen LogP contribution in [0.25, 0.3) is 0 Å². The van der Waals surface area contributed by atoms with Crippen molar-refractivity contribution in [1.82, 2.24) is 5.32 Å². The van der Waals surface area contributed by atoms with Gasteiger partial charge in [0.05, 0.1) is 19.8 Å². The van der Waals surface area contributed by atoms with E-state index in [9.17, 15) is 9.90 Å². The highest BCUT2D eigenvalue weighted by molar-refractivity contribution is 5.69. The Hall–Kier alpha value is -1.59. The number of aliphatic hydroxyl groups excluding tert-OH is 1. The van der Waals surface area contributed by atoms with E-state index in [2.05, 4.69) is 10.1 Å². The molecule has 2 N–H and O–H groups in total. The highest BCUT2D eigenvalue weighted by atomic mass is 16.5. The Morgan fingerprint density at radius 1 is 1.43 bits per heavy atom. The van der Waals surface area contributed by atoms with Gasteiger partial charge in [0.25, 0.3) is 0 Å². The summed E-state index contributed by atoms with van der Waals surface area (Å²) < 4.78 is 10.2. The molecule has 1 aromatic carbocycles. The molecular weight excluding hydrogens is 270 g/mol. The third kappa shape index (κ3) is 5.02. The van der Waals surface area contributed by atoms with Crippen LogP contribution in [-0.2, 0) is 9.53 Å². The Balaban J connectivity index is 2.90. The molecule has 0 aliphatic heterocycles. The Morgan fingerprint density at radius 3 is 2.71 bits per heavy atom. The predicted octanol–water partition coefficient (Wildman–Crippen LogP) is 1.97. The smallest absolute Gasteiger partial charge is 0.305 e. The molecule has 0 amide bonds. The van der Waals surface area contributed by atoms with Gasteiger partial charge in [0.1, 0.15) is 5.75 Å². The molecule has 0 heterocycles. The van der Waals surface area contributed by atoms with Crippen molar-refractivity contribution >= 4 is 5.97 Å². The molecule has 5 nitrogen and oxygen atoms in total. The van der Waals surface area contributed by atoms with Gasteiger partial charge in [0.2, 0.25) is 0 Å². The standard InChI is InChI=1S/C16H25NO4/c1-5-21-14-8-6-11(2)10-12(14)16(19)13(17-3)7-9-15(18)20-4/h6,8,10,13,16-17,19H,5,7,9H2,1-4H3. The molecule has 0 saturated carbocycles. The Labute approximate surface area is 126 Å². The molecule has 0 radical (unpaired) electrons. The molecule has 0 aliphatic rings. The average Bonchev–Trinajstić information content (AvgIpc) is 2.49. The van der Waals surface area contributed by atoms with E-state index < -0.39 is 6.10 Å². The van der Waals surface area contributed by atoms with E-state index in [0.717, 1.165) is 11.1 Å². The number of nitrogens with one attached hydrogen (secondary N) is 1. The Kier molecular flexibility index (Phi) is 7.19. The van der Waals surface area contributed by atoms with E-state index in [4.69, 9.17) is 4.74 Å². The van der Waals surface area contributed by atoms with E-state index in [0.29, 0.717) is 18.8 Å². The molecule has 0 saturated heterocycles. The molecule has 0 spiro atoms. The number of methoxy groups -OCH3 is 1. The third-order valence-corrected chi connectivity index (χ3v) is 3.42. The molecule has 0 fully saturated rings. The number of hydrogen-bond acceptors (Lipinski definition) is 5. The largest absolute Gasteiger partial charge is 0.493 e. The van der Waals surface area contributed by atoms with Crippen LogP contribution in [0.1, 0.15) is 37.0 Å². The normalized spacial score (nSPS) is 13.6. The number of carbonyl (C=O) groups excluding carboxylic acids is 1. The summed E-state index contributed by atoms with van der Waals surface area (Å²) in [5, 5.41) is 13.7. The lowest BCUT2D eigenvalue weighted by molar-refractivity contribution is -0.140. The molecule has 0 aliphatic carbocycles. The fourth-order valence-electron chi connectivity index (χ4n) is 2.24. The molecule has 1 rings (SSSR count). The van der Waals surface area contributed by atoms with Crippen LogP contribution in [0.4, 0.5) is 0 Å². The Bertz CT molecular complexity index is 462. The summed E-state index contributed by atoms with van der Waals surface area (Å²) in [5.74, 6) is 0.394. The van der Waals surface area contributed by atoms with Crippen LogP contribution in [0, 0.1) is 6.92 Å². The van der Waals surface area contributed by atoms with E-state index in [1.54, 1.807) is 7.05 Å². The summed E-state index contributed by atoms with van der Waals surface area (Å²) in [5.41, 5.74) is 1.79. The molecule has 0 aromatic heterocycles. The van der Waals surface area contributed by atoms with E-state index >= 15 is 0 Å². The maximum absolute atomic E-state index is 11.3. The van der Waals surface area contributed by atoms with Crippen LogP contribution in [-0.4, -0.2) is 37.9 Å². The fraction of sp³-hybridized carbons (Fsp3) is 0.562. The van der Waals surface area contributed by atoms with Crippen LogP contribution in [0.5, 0.6) is 5.75 Å². The highest BCUT2D eigenvalue weighted by Crippen LogP contribution is 2.30. The summed E-state index contributed by atoms with van der Waals surface area (Å²) in [6.45, 7) is 4.41. The van der Waals surface area contributed by atoms with Gasteiger partial charge in [-0.2, -0.15) is 0 Å². The second-order valence-corrected chi connectivity index (χ2v) is 4.93. The van der Waals surface area contributed by atoms with Crippen molar-refractivity contribution in [3.8, 4) is 5.75 Å². The topological polar surface area (TPSA) is 67.8 Å². The lowest BCUT2D eigenvalue weighted by Gasteiger charge is -2.24. The van der Waals surface area contributed by atoms with Gasteiger partial charge in [-0.25, -0.2) is 0 Å². The average molecular weight is 295 g/mol. The summed E-state index contributed by atoms with van der Waals surface area (Å²) in [6.07, 6.45) is -0.000268. The fourth-order valence-corrected chi connectivity index (χ4v) is 2.24. The zero-order valence-electron chi connectivity index (χ0n) is 13.2.